The molecular formula is C13H14N4O4. The second-order valence-corrected chi connectivity index (χ2v) is 4.18. The summed E-state index contributed by atoms with van der Waals surface area (Å²) in [7, 11) is 0. The summed E-state index contributed by atoms with van der Waals surface area (Å²) in [5.41, 5.74) is 0.376. The van der Waals surface area contributed by atoms with Crippen LogP contribution in [0.5, 0.6) is 17.5 Å². The van der Waals surface area contributed by atoms with Crippen LogP contribution in [0.3, 0.4) is 0 Å². The molecule has 0 bridgehead atoms. The van der Waals surface area contributed by atoms with Crippen LogP contribution < -0.4 is 19.5 Å². The zero-order chi connectivity index (χ0) is 14.7. The Morgan fingerprint density at radius 2 is 2.29 bits per heavy atom. The van der Waals surface area contributed by atoms with E-state index in [4.69, 9.17) is 14.2 Å². The molecule has 1 aromatic carbocycles. The van der Waals surface area contributed by atoms with Crippen molar-refractivity contribution in [2.75, 3.05) is 25.1 Å². The molecule has 2 N–H and O–H groups in total. The van der Waals surface area contributed by atoms with E-state index < -0.39 is 0 Å². The van der Waals surface area contributed by atoms with Crippen molar-refractivity contribution in [3.63, 3.8) is 0 Å². The maximum Gasteiger partial charge on any atom is 0.337 e. The van der Waals surface area contributed by atoms with Crippen LogP contribution in [0.15, 0.2) is 18.2 Å². The largest absolute Gasteiger partial charge is 0.486 e. The lowest BCUT2D eigenvalue weighted by molar-refractivity contribution is 0.101. The number of para-hydroxylation sites is 1. The molecule has 1 aromatic heterocycles. The van der Waals surface area contributed by atoms with Crippen molar-refractivity contribution in [1.29, 1.82) is 0 Å². The Balaban J connectivity index is 1.79. The third-order valence-corrected chi connectivity index (χ3v) is 2.78. The fourth-order valence-electron chi connectivity index (χ4n) is 1.92. The van der Waals surface area contributed by atoms with Crippen molar-refractivity contribution in [1.82, 2.24) is 15.2 Å². The molecule has 1 aliphatic rings. The van der Waals surface area contributed by atoms with Gasteiger partial charge in [0.2, 0.25) is 5.95 Å². The van der Waals surface area contributed by atoms with Crippen molar-refractivity contribution in [2.24, 2.45) is 0 Å². The highest BCUT2D eigenvalue weighted by atomic mass is 16.6. The predicted molar refractivity (Wildman–Crippen MR) is 72.9 cm³/mol. The first-order valence-corrected chi connectivity index (χ1v) is 6.53. The van der Waals surface area contributed by atoms with Gasteiger partial charge in [0.25, 0.3) is 5.91 Å². The summed E-state index contributed by atoms with van der Waals surface area (Å²) in [5.74, 6) is 0.835. The SMILES string of the molecule is CCOc1n[nH]c(NC(=O)c2cccc3c2OCCO3)n1. The standard InChI is InChI=1S/C13H14N4O4/c1-2-19-13-15-12(16-17-13)14-11(18)8-4-3-5-9-10(8)21-7-6-20-9/h3-5H,2,6-7H2,1H3,(H2,14,15,16,17,18). The number of nitrogens with one attached hydrogen (secondary N) is 2. The molecule has 0 saturated carbocycles. The topological polar surface area (TPSA) is 98.4 Å². The van der Waals surface area contributed by atoms with Crippen molar-refractivity contribution < 1.29 is 19.0 Å². The molecule has 3 rings (SSSR count). The van der Waals surface area contributed by atoms with Crippen LogP contribution in [0, 0.1) is 0 Å². The van der Waals surface area contributed by atoms with Crippen LogP contribution in [-0.2, 0) is 0 Å². The summed E-state index contributed by atoms with van der Waals surface area (Å²) in [6.07, 6.45) is 0. The summed E-state index contributed by atoms with van der Waals surface area (Å²) in [5, 5.41) is 9.00. The van der Waals surface area contributed by atoms with Gasteiger partial charge in [-0.1, -0.05) is 6.07 Å². The van der Waals surface area contributed by atoms with Crippen molar-refractivity contribution in [3.05, 3.63) is 23.8 Å². The van der Waals surface area contributed by atoms with E-state index in [0.717, 1.165) is 0 Å². The molecule has 8 nitrogen and oxygen atoms in total. The highest BCUT2D eigenvalue weighted by Crippen LogP contribution is 2.33. The zero-order valence-corrected chi connectivity index (χ0v) is 11.4. The first-order chi connectivity index (χ1) is 10.3. The second-order valence-electron chi connectivity index (χ2n) is 4.18. The van der Waals surface area contributed by atoms with E-state index in [9.17, 15) is 4.79 Å². The molecule has 0 atom stereocenters. The molecule has 2 heterocycles. The van der Waals surface area contributed by atoms with Crippen molar-refractivity contribution >= 4 is 11.9 Å². The molecule has 0 aliphatic carbocycles. The summed E-state index contributed by atoms with van der Waals surface area (Å²) >= 11 is 0. The van der Waals surface area contributed by atoms with Gasteiger partial charge in [-0.2, -0.15) is 4.98 Å². The maximum atomic E-state index is 12.3. The number of nitrogens with zero attached hydrogens (tertiary/aromatic N) is 2. The van der Waals surface area contributed by atoms with Gasteiger partial charge in [-0.3, -0.25) is 10.1 Å². The number of aromatic amines is 1. The van der Waals surface area contributed by atoms with E-state index in [-0.39, 0.29) is 17.9 Å². The summed E-state index contributed by atoms with van der Waals surface area (Å²) in [6, 6.07) is 5.33. The Morgan fingerprint density at radius 1 is 1.43 bits per heavy atom. The minimum atomic E-state index is -0.364. The summed E-state index contributed by atoms with van der Waals surface area (Å²) in [4.78, 5) is 16.3. The van der Waals surface area contributed by atoms with E-state index in [2.05, 4.69) is 20.5 Å². The molecule has 0 saturated heterocycles. The molecule has 1 aliphatic heterocycles. The van der Waals surface area contributed by atoms with E-state index in [1.807, 2.05) is 6.92 Å². The number of fused-ring (bicyclic) bond motifs is 1. The van der Waals surface area contributed by atoms with E-state index in [1.54, 1.807) is 18.2 Å². The number of anilines is 1. The van der Waals surface area contributed by atoms with Gasteiger partial charge in [0.1, 0.15) is 13.2 Å². The summed E-state index contributed by atoms with van der Waals surface area (Å²) < 4.78 is 16.1. The lowest BCUT2D eigenvalue weighted by atomic mass is 10.1. The number of rotatable bonds is 4. The number of aromatic nitrogens is 3. The number of H-pyrrole nitrogens is 1. The van der Waals surface area contributed by atoms with E-state index in [1.165, 1.54) is 0 Å². The Labute approximate surface area is 120 Å². The van der Waals surface area contributed by atoms with Gasteiger partial charge in [-0.05, 0) is 19.1 Å². The fourth-order valence-corrected chi connectivity index (χ4v) is 1.92. The molecule has 0 radical (unpaired) electrons. The molecule has 2 aromatic rings. The number of carbonyl (C=O) groups is 1. The summed E-state index contributed by atoms with van der Waals surface area (Å²) in [6.45, 7) is 3.15. The van der Waals surface area contributed by atoms with E-state index >= 15 is 0 Å². The lowest BCUT2D eigenvalue weighted by Gasteiger charge is -2.20. The third kappa shape index (κ3) is 2.73. The minimum Gasteiger partial charge on any atom is -0.486 e. The van der Waals surface area contributed by atoms with Gasteiger partial charge in [-0.25, -0.2) is 5.10 Å². The number of carbonyl (C=O) groups excluding carboxylic acids is 1. The average Bonchev–Trinajstić information content (AvgIpc) is 2.94. The number of amides is 1. The van der Waals surface area contributed by atoms with Crippen LogP contribution in [-0.4, -0.2) is 40.9 Å². The van der Waals surface area contributed by atoms with Crippen LogP contribution >= 0.6 is 0 Å². The maximum absolute atomic E-state index is 12.3. The van der Waals surface area contributed by atoms with Gasteiger partial charge in [0.05, 0.1) is 12.2 Å². The highest BCUT2D eigenvalue weighted by molar-refractivity contribution is 6.05. The lowest BCUT2D eigenvalue weighted by Crippen LogP contribution is -2.20. The molecule has 0 fully saturated rings. The minimum absolute atomic E-state index is 0.183. The van der Waals surface area contributed by atoms with Gasteiger partial charge >= 0.3 is 6.01 Å². The van der Waals surface area contributed by atoms with Crippen molar-refractivity contribution in [3.8, 4) is 17.5 Å². The Kier molecular flexibility index (Phi) is 3.59. The first-order valence-electron chi connectivity index (χ1n) is 6.53. The molecule has 0 unspecified atom stereocenters. The van der Waals surface area contributed by atoms with Crippen LogP contribution in [0.25, 0.3) is 0 Å². The number of hydrogen-bond donors (Lipinski definition) is 2. The number of hydrogen-bond acceptors (Lipinski definition) is 6. The predicted octanol–water partition coefficient (Wildman–Crippen LogP) is 1.23. The Morgan fingerprint density at radius 3 is 3.14 bits per heavy atom. The van der Waals surface area contributed by atoms with Crippen LogP contribution in [0.4, 0.5) is 5.95 Å². The molecule has 110 valence electrons. The van der Waals surface area contributed by atoms with Gasteiger partial charge in [-0.15, -0.1) is 5.10 Å². The monoisotopic (exact) mass is 290 g/mol. The van der Waals surface area contributed by atoms with Crippen LogP contribution in [0.1, 0.15) is 17.3 Å². The average molecular weight is 290 g/mol. The van der Waals surface area contributed by atoms with Gasteiger partial charge < -0.3 is 14.2 Å². The Hall–Kier alpha value is -2.77. The van der Waals surface area contributed by atoms with Gasteiger partial charge in [0.15, 0.2) is 11.5 Å². The quantitative estimate of drug-likeness (QED) is 0.878. The van der Waals surface area contributed by atoms with Crippen LogP contribution in [0.2, 0.25) is 0 Å². The molecule has 8 heteroatoms. The molecule has 21 heavy (non-hydrogen) atoms. The first kappa shape index (κ1) is 13.2. The zero-order valence-electron chi connectivity index (χ0n) is 11.4. The van der Waals surface area contributed by atoms with E-state index in [0.29, 0.717) is 36.9 Å². The second kappa shape index (κ2) is 5.70. The van der Waals surface area contributed by atoms with Crippen molar-refractivity contribution in [2.45, 2.75) is 6.92 Å². The van der Waals surface area contributed by atoms with Gasteiger partial charge in [0, 0.05) is 0 Å². The fraction of sp³-hybridized carbons (Fsp3) is 0.308. The highest BCUT2D eigenvalue weighted by Gasteiger charge is 2.21. The normalized spacial score (nSPS) is 12.8. The Bertz CT molecular complexity index is 655. The number of benzene rings is 1. The molecule has 1 amide bonds. The molecular weight excluding hydrogens is 276 g/mol. The third-order valence-electron chi connectivity index (χ3n) is 2.78. The molecule has 0 spiro atoms. The smallest absolute Gasteiger partial charge is 0.337 e. The number of ether oxygens (including phenoxy) is 3.